The van der Waals surface area contributed by atoms with Crippen LogP contribution in [0.15, 0.2) is 11.2 Å². The van der Waals surface area contributed by atoms with E-state index in [1.165, 1.54) is 6.92 Å². The van der Waals surface area contributed by atoms with E-state index >= 15 is 0 Å². The van der Waals surface area contributed by atoms with Gasteiger partial charge in [-0.2, -0.15) is 0 Å². The zero-order valence-corrected chi connectivity index (χ0v) is 10.6. The Kier molecular flexibility index (Phi) is 7.62. The number of esters is 1. The summed E-state index contributed by atoms with van der Waals surface area (Å²) >= 11 is 0. The Labute approximate surface area is 99.0 Å². The molecule has 0 N–H and O–H groups in total. The van der Waals surface area contributed by atoms with Crippen molar-refractivity contribution in [3.05, 3.63) is 11.2 Å². The zero-order valence-electron chi connectivity index (χ0n) is 7.73. The predicted molar refractivity (Wildman–Crippen MR) is 39.6 cm³/mol. The van der Waals surface area contributed by atoms with Crippen LogP contribution in [0.1, 0.15) is 6.92 Å². The molecule has 0 spiro atoms. The molecule has 0 fully saturated rings. The molecular formula is C6H9NaO5S. The third-order valence-corrected chi connectivity index (χ3v) is 1.44. The molecular weight excluding hydrogens is 207 g/mol. The minimum atomic E-state index is -3.56. The summed E-state index contributed by atoms with van der Waals surface area (Å²) in [5, 5.41) is 11.0. The van der Waals surface area contributed by atoms with Crippen LogP contribution in [-0.4, -0.2) is 27.2 Å². The second-order valence-corrected chi connectivity index (χ2v) is 3.93. The van der Waals surface area contributed by atoms with Crippen molar-refractivity contribution in [2.75, 3.05) is 12.9 Å². The number of carbonyl (C=O) groups is 1. The summed E-state index contributed by atoms with van der Waals surface area (Å²) in [5.74, 6) is -2.30. The average Bonchev–Trinajstić information content (AvgIpc) is 1.84. The van der Waals surface area contributed by atoms with Gasteiger partial charge in [0.15, 0.2) is 9.84 Å². The fraction of sp³-hybridized carbons (Fsp3) is 0.500. The third kappa shape index (κ3) is 8.29. The summed E-state index contributed by atoms with van der Waals surface area (Å²) in [7, 11) is -3.56. The molecule has 0 saturated carbocycles. The Morgan fingerprint density at radius 1 is 1.54 bits per heavy atom. The van der Waals surface area contributed by atoms with Crippen LogP contribution in [0, 0.1) is 0 Å². The van der Waals surface area contributed by atoms with E-state index in [1.807, 2.05) is 0 Å². The summed E-state index contributed by atoms with van der Waals surface area (Å²) in [5.41, 5.74) is 0. The maximum absolute atomic E-state index is 10.6. The number of hydrogen-bond acceptors (Lipinski definition) is 5. The Bertz CT molecular complexity index is 292. The van der Waals surface area contributed by atoms with E-state index < -0.39 is 21.6 Å². The molecule has 0 aliphatic heterocycles. The smallest absolute Gasteiger partial charge is 0.867 e. The van der Waals surface area contributed by atoms with E-state index in [0.717, 1.165) is 6.26 Å². The largest absolute Gasteiger partial charge is 1.00 e. The van der Waals surface area contributed by atoms with E-state index in [-0.39, 0.29) is 36.2 Å². The van der Waals surface area contributed by atoms with Crippen molar-refractivity contribution in [2.24, 2.45) is 0 Å². The van der Waals surface area contributed by atoms with Crippen LogP contribution in [-0.2, 0) is 19.4 Å². The van der Waals surface area contributed by atoms with Gasteiger partial charge in [0.1, 0.15) is 0 Å². The molecule has 0 aromatic rings. The molecule has 0 aromatic heterocycles. The standard InChI is InChI=1S/C6H10O5S.Na/c1-3-11-6(8)5(7)4-12(2,9)10;/h4,7H,3H2,1-2H3;/q;+1/p-1/b5-4+;. The molecule has 0 aromatic carbocycles. The maximum atomic E-state index is 10.6. The molecule has 0 bridgehead atoms. The number of sulfone groups is 1. The number of rotatable bonds is 3. The number of carbonyl (C=O) groups excluding carboxylic acids is 1. The van der Waals surface area contributed by atoms with Crippen LogP contribution in [0.2, 0.25) is 0 Å². The van der Waals surface area contributed by atoms with Crippen molar-refractivity contribution >= 4 is 15.8 Å². The third-order valence-electron chi connectivity index (χ3n) is 0.798. The Balaban J connectivity index is 0. The van der Waals surface area contributed by atoms with Crippen LogP contribution in [0.4, 0.5) is 0 Å². The summed E-state index contributed by atoms with van der Waals surface area (Å²) < 4.78 is 25.2. The van der Waals surface area contributed by atoms with Gasteiger partial charge in [-0.1, -0.05) is 0 Å². The molecule has 70 valence electrons. The molecule has 0 aliphatic carbocycles. The SMILES string of the molecule is CCOC(=O)/C([O-])=C\S(C)(=O)=O.[Na+]. The van der Waals surface area contributed by atoms with Gasteiger partial charge in [-0.3, -0.25) is 0 Å². The van der Waals surface area contributed by atoms with Crippen molar-refractivity contribution in [1.82, 2.24) is 0 Å². The number of hydrogen-bond donors (Lipinski definition) is 0. The first-order valence-corrected chi connectivity index (χ1v) is 5.08. The fourth-order valence-electron chi connectivity index (χ4n) is 0.445. The molecule has 7 heteroatoms. The monoisotopic (exact) mass is 216 g/mol. The van der Waals surface area contributed by atoms with E-state index in [1.54, 1.807) is 0 Å². The topological polar surface area (TPSA) is 83.5 Å². The van der Waals surface area contributed by atoms with Gasteiger partial charge < -0.3 is 9.84 Å². The molecule has 0 saturated heterocycles. The fourth-order valence-corrected chi connectivity index (χ4v) is 0.930. The van der Waals surface area contributed by atoms with Gasteiger partial charge in [-0.25, -0.2) is 13.2 Å². The van der Waals surface area contributed by atoms with E-state index in [2.05, 4.69) is 4.74 Å². The van der Waals surface area contributed by atoms with Gasteiger partial charge in [-0.15, -0.1) is 0 Å². The van der Waals surface area contributed by atoms with Crippen LogP contribution in [0.5, 0.6) is 0 Å². The molecule has 13 heavy (non-hydrogen) atoms. The zero-order chi connectivity index (χ0) is 9.78. The molecule has 5 nitrogen and oxygen atoms in total. The van der Waals surface area contributed by atoms with Gasteiger partial charge in [0.2, 0.25) is 0 Å². The van der Waals surface area contributed by atoms with E-state index in [9.17, 15) is 18.3 Å². The molecule has 0 radical (unpaired) electrons. The minimum absolute atomic E-state index is 0. The van der Waals surface area contributed by atoms with Crippen LogP contribution >= 0.6 is 0 Å². The summed E-state index contributed by atoms with van der Waals surface area (Å²) in [4.78, 5) is 10.6. The van der Waals surface area contributed by atoms with Gasteiger partial charge in [0.05, 0.1) is 6.61 Å². The maximum Gasteiger partial charge on any atom is 1.00 e. The normalized spacial score (nSPS) is 11.7. The first kappa shape index (κ1) is 15.4. The summed E-state index contributed by atoms with van der Waals surface area (Å²) in [6, 6.07) is 0. The van der Waals surface area contributed by atoms with Gasteiger partial charge >= 0.3 is 35.5 Å². The minimum Gasteiger partial charge on any atom is -0.867 e. The summed E-state index contributed by atoms with van der Waals surface area (Å²) in [6.45, 7) is 1.56. The Morgan fingerprint density at radius 2 is 2.00 bits per heavy atom. The van der Waals surface area contributed by atoms with Crippen molar-refractivity contribution in [2.45, 2.75) is 6.92 Å². The van der Waals surface area contributed by atoms with Crippen molar-refractivity contribution < 1.29 is 52.6 Å². The average molecular weight is 216 g/mol. The molecule has 0 rings (SSSR count). The number of ether oxygens (including phenoxy) is 1. The second kappa shape index (κ2) is 6.42. The molecule has 0 unspecified atom stereocenters. The molecule has 0 atom stereocenters. The van der Waals surface area contributed by atoms with Crippen molar-refractivity contribution in [3.8, 4) is 0 Å². The predicted octanol–water partition coefficient (Wildman–Crippen LogP) is -4.20. The molecule has 0 amide bonds. The first-order valence-electron chi connectivity index (χ1n) is 3.12. The molecule has 0 heterocycles. The second-order valence-electron chi connectivity index (χ2n) is 2.03. The first-order chi connectivity index (χ1) is 5.37. The van der Waals surface area contributed by atoms with Crippen LogP contribution in [0.25, 0.3) is 0 Å². The van der Waals surface area contributed by atoms with Crippen LogP contribution in [0.3, 0.4) is 0 Å². The van der Waals surface area contributed by atoms with Crippen molar-refractivity contribution in [3.63, 3.8) is 0 Å². The Hall–Kier alpha value is -0.0400. The van der Waals surface area contributed by atoms with E-state index in [4.69, 9.17) is 0 Å². The summed E-state index contributed by atoms with van der Waals surface area (Å²) in [6.07, 6.45) is 0.824. The van der Waals surface area contributed by atoms with Gasteiger partial charge in [0.25, 0.3) is 0 Å². The van der Waals surface area contributed by atoms with Gasteiger partial charge in [-0.05, 0) is 12.7 Å². The van der Waals surface area contributed by atoms with Crippen molar-refractivity contribution in [1.29, 1.82) is 0 Å². The quantitative estimate of drug-likeness (QED) is 0.207. The van der Waals surface area contributed by atoms with E-state index in [0.29, 0.717) is 5.41 Å². The van der Waals surface area contributed by atoms with Gasteiger partial charge in [0, 0.05) is 11.7 Å². The Morgan fingerprint density at radius 3 is 2.31 bits per heavy atom. The molecule has 0 aliphatic rings. The van der Waals surface area contributed by atoms with Crippen LogP contribution < -0.4 is 34.7 Å².